The van der Waals surface area contributed by atoms with Gasteiger partial charge in [0.15, 0.2) is 0 Å². The summed E-state index contributed by atoms with van der Waals surface area (Å²) in [5, 5.41) is 6.43. The largest absolute Gasteiger partial charge is 0.355 e. The molecule has 2 rings (SSSR count). The van der Waals surface area contributed by atoms with Crippen molar-refractivity contribution < 1.29 is 4.79 Å². The summed E-state index contributed by atoms with van der Waals surface area (Å²) in [6, 6.07) is 0.557. The molecule has 18 heavy (non-hydrogen) atoms. The first-order valence-corrected chi connectivity index (χ1v) is 7.01. The highest BCUT2D eigenvalue weighted by atomic mass is 35.5. The summed E-state index contributed by atoms with van der Waals surface area (Å²) in [5.41, 5.74) is 0. The maximum absolute atomic E-state index is 11.8. The second-order valence-corrected chi connectivity index (χ2v) is 5.36. The average Bonchev–Trinajstić information content (AvgIpc) is 2.99. The van der Waals surface area contributed by atoms with Crippen LogP contribution in [0.3, 0.4) is 0 Å². The lowest BCUT2D eigenvalue weighted by Gasteiger charge is -2.27. The number of hydrogen-bond acceptors (Lipinski definition) is 3. The number of amides is 1. The number of rotatable bonds is 7. The normalized spacial score (nSPS) is 22.9. The van der Waals surface area contributed by atoms with E-state index in [1.165, 1.54) is 19.3 Å². The third kappa shape index (κ3) is 5.12. The van der Waals surface area contributed by atoms with Crippen molar-refractivity contribution in [2.45, 2.75) is 38.6 Å². The molecule has 0 aromatic carbocycles. The van der Waals surface area contributed by atoms with Gasteiger partial charge in [-0.05, 0) is 44.7 Å². The van der Waals surface area contributed by atoms with Crippen LogP contribution in [0, 0.1) is 5.92 Å². The third-order valence-electron chi connectivity index (χ3n) is 3.69. The van der Waals surface area contributed by atoms with Crippen LogP contribution in [-0.2, 0) is 4.79 Å². The predicted molar refractivity (Wildman–Crippen MR) is 76.1 cm³/mol. The summed E-state index contributed by atoms with van der Waals surface area (Å²) in [7, 11) is 0. The maximum Gasteiger partial charge on any atom is 0.234 e. The Labute approximate surface area is 116 Å². The molecule has 1 amide bonds. The van der Waals surface area contributed by atoms with Crippen LogP contribution in [0.1, 0.15) is 32.6 Å². The number of nitrogens with zero attached hydrogens (tertiary/aromatic N) is 1. The molecule has 1 aliphatic carbocycles. The van der Waals surface area contributed by atoms with Crippen molar-refractivity contribution >= 4 is 18.3 Å². The van der Waals surface area contributed by atoms with Crippen molar-refractivity contribution in [3.05, 3.63) is 0 Å². The van der Waals surface area contributed by atoms with Crippen molar-refractivity contribution in [1.82, 2.24) is 15.5 Å². The summed E-state index contributed by atoms with van der Waals surface area (Å²) in [5.74, 6) is 0.976. The van der Waals surface area contributed by atoms with E-state index in [1.807, 2.05) is 0 Å². The van der Waals surface area contributed by atoms with Crippen molar-refractivity contribution in [1.29, 1.82) is 0 Å². The van der Waals surface area contributed by atoms with E-state index >= 15 is 0 Å². The van der Waals surface area contributed by atoms with Crippen LogP contribution in [0.2, 0.25) is 0 Å². The van der Waals surface area contributed by atoms with Crippen LogP contribution < -0.4 is 10.6 Å². The Morgan fingerprint density at radius 1 is 1.39 bits per heavy atom. The maximum atomic E-state index is 11.8. The number of carbonyl (C=O) groups excluding carboxylic acids is 1. The van der Waals surface area contributed by atoms with E-state index in [-0.39, 0.29) is 18.3 Å². The molecule has 106 valence electrons. The molecule has 1 aliphatic heterocycles. The Morgan fingerprint density at radius 2 is 2.17 bits per heavy atom. The van der Waals surface area contributed by atoms with Crippen molar-refractivity contribution in [3.63, 3.8) is 0 Å². The molecule has 2 aliphatic rings. The van der Waals surface area contributed by atoms with E-state index in [0.717, 1.165) is 38.5 Å². The lowest BCUT2D eigenvalue weighted by molar-refractivity contribution is -0.122. The highest BCUT2D eigenvalue weighted by molar-refractivity contribution is 5.85. The Kier molecular flexibility index (Phi) is 6.97. The molecule has 1 saturated heterocycles. The van der Waals surface area contributed by atoms with Crippen LogP contribution in [-0.4, -0.2) is 49.6 Å². The van der Waals surface area contributed by atoms with Crippen LogP contribution >= 0.6 is 12.4 Å². The molecule has 0 aromatic rings. The highest BCUT2D eigenvalue weighted by Crippen LogP contribution is 2.27. The molecule has 2 N–H and O–H groups in total. The SMILES string of the molecule is CCCN(CC(=O)NCC1CC1)C1CCNC1.Cl. The van der Waals surface area contributed by atoms with Gasteiger partial charge >= 0.3 is 0 Å². The van der Waals surface area contributed by atoms with Gasteiger partial charge in [0.25, 0.3) is 0 Å². The van der Waals surface area contributed by atoms with Crippen LogP contribution in [0.25, 0.3) is 0 Å². The molecule has 2 fully saturated rings. The van der Waals surface area contributed by atoms with Crippen molar-refractivity contribution in [2.75, 3.05) is 32.7 Å². The molecule has 1 heterocycles. The Morgan fingerprint density at radius 3 is 2.72 bits per heavy atom. The molecule has 0 spiro atoms. The second kappa shape index (κ2) is 7.97. The van der Waals surface area contributed by atoms with Gasteiger partial charge in [0.1, 0.15) is 0 Å². The smallest absolute Gasteiger partial charge is 0.234 e. The van der Waals surface area contributed by atoms with Crippen molar-refractivity contribution in [3.8, 4) is 0 Å². The molecule has 0 bridgehead atoms. The molecular formula is C13H26ClN3O. The fraction of sp³-hybridized carbons (Fsp3) is 0.923. The minimum atomic E-state index is 0. The third-order valence-corrected chi connectivity index (χ3v) is 3.69. The molecule has 0 radical (unpaired) electrons. The van der Waals surface area contributed by atoms with Gasteiger partial charge in [-0.1, -0.05) is 6.92 Å². The fourth-order valence-electron chi connectivity index (χ4n) is 2.45. The van der Waals surface area contributed by atoms with Crippen molar-refractivity contribution in [2.24, 2.45) is 5.92 Å². The Bertz CT molecular complexity index is 253. The van der Waals surface area contributed by atoms with E-state index in [0.29, 0.717) is 12.6 Å². The minimum absolute atomic E-state index is 0. The lowest BCUT2D eigenvalue weighted by Crippen LogP contribution is -2.44. The quantitative estimate of drug-likeness (QED) is 0.729. The number of hydrogen-bond donors (Lipinski definition) is 2. The van der Waals surface area contributed by atoms with Gasteiger partial charge in [-0.15, -0.1) is 12.4 Å². The molecule has 4 nitrogen and oxygen atoms in total. The van der Waals surface area contributed by atoms with Crippen LogP contribution in [0.5, 0.6) is 0 Å². The summed E-state index contributed by atoms with van der Waals surface area (Å²) >= 11 is 0. The molecule has 1 atom stereocenters. The number of nitrogens with one attached hydrogen (secondary N) is 2. The minimum Gasteiger partial charge on any atom is -0.355 e. The highest BCUT2D eigenvalue weighted by Gasteiger charge is 2.25. The monoisotopic (exact) mass is 275 g/mol. The Hall–Kier alpha value is -0.320. The summed E-state index contributed by atoms with van der Waals surface area (Å²) < 4.78 is 0. The van der Waals surface area contributed by atoms with Gasteiger partial charge in [0, 0.05) is 19.1 Å². The van der Waals surface area contributed by atoms with Gasteiger partial charge in [-0.2, -0.15) is 0 Å². The number of halogens is 1. The van der Waals surface area contributed by atoms with Crippen LogP contribution in [0.15, 0.2) is 0 Å². The summed E-state index contributed by atoms with van der Waals surface area (Å²) in [4.78, 5) is 14.2. The van der Waals surface area contributed by atoms with Gasteiger partial charge < -0.3 is 10.6 Å². The Balaban J connectivity index is 0.00000162. The van der Waals surface area contributed by atoms with Crippen LogP contribution in [0.4, 0.5) is 0 Å². The van der Waals surface area contributed by atoms with Gasteiger partial charge in [0.05, 0.1) is 6.54 Å². The molecular weight excluding hydrogens is 250 g/mol. The van der Waals surface area contributed by atoms with E-state index < -0.39 is 0 Å². The first kappa shape index (κ1) is 15.7. The van der Waals surface area contributed by atoms with E-state index in [4.69, 9.17) is 0 Å². The standard InChI is InChI=1S/C13H25N3O.ClH/c1-2-7-16(12-5-6-14-9-12)10-13(17)15-8-11-3-4-11;/h11-12,14H,2-10H2,1H3,(H,15,17);1H. The van der Waals surface area contributed by atoms with E-state index in [9.17, 15) is 4.79 Å². The summed E-state index contributed by atoms with van der Waals surface area (Å²) in [6.45, 7) is 6.81. The van der Waals surface area contributed by atoms with Gasteiger partial charge in [-0.3, -0.25) is 9.69 Å². The molecule has 1 unspecified atom stereocenters. The zero-order chi connectivity index (χ0) is 12.1. The second-order valence-electron chi connectivity index (χ2n) is 5.36. The van der Waals surface area contributed by atoms with E-state index in [1.54, 1.807) is 0 Å². The summed E-state index contributed by atoms with van der Waals surface area (Å²) in [6.07, 6.45) is 4.89. The molecule has 1 saturated carbocycles. The number of carbonyl (C=O) groups is 1. The predicted octanol–water partition coefficient (Wildman–Crippen LogP) is 1.01. The van der Waals surface area contributed by atoms with E-state index in [2.05, 4.69) is 22.5 Å². The first-order chi connectivity index (χ1) is 8.29. The zero-order valence-electron chi connectivity index (χ0n) is 11.3. The van der Waals surface area contributed by atoms with Gasteiger partial charge in [-0.25, -0.2) is 0 Å². The van der Waals surface area contributed by atoms with Gasteiger partial charge in [0.2, 0.25) is 5.91 Å². The lowest BCUT2D eigenvalue weighted by atomic mass is 10.2. The topological polar surface area (TPSA) is 44.4 Å². The first-order valence-electron chi connectivity index (χ1n) is 7.01. The zero-order valence-corrected chi connectivity index (χ0v) is 12.1. The molecule has 0 aromatic heterocycles. The fourth-order valence-corrected chi connectivity index (χ4v) is 2.45. The molecule has 5 heteroatoms. The average molecular weight is 276 g/mol.